The van der Waals surface area contributed by atoms with E-state index in [-0.39, 0.29) is 5.78 Å². The predicted molar refractivity (Wildman–Crippen MR) is 75.4 cm³/mol. The quantitative estimate of drug-likeness (QED) is 0.748. The van der Waals surface area contributed by atoms with E-state index in [0.29, 0.717) is 12.8 Å². The molecule has 1 unspecified atom stereocenters. The normalized spacial score (nSPS) is 22.8. The fourth-order valence-electron chi connectivity index (χ4n) is 2.61. The maximum Gasteiger partial charge on any atom is 0.153 e. The topological polar surface area (TPSA) is 40.9 Å². The zero-order valence-corrected chi connectivity index (χ0v) is 11.1. The Morgan fingerprint density at radius 1 is 1.26 bits per heavy atom. The van der Waals surface area contributed by atoms with E-state index in [2.05, 4.69) is 24.3 Å². The first-order valence-corrected chi connectivity index (χ1v) is 6.90. The lowest BCUT2D eigenvalue weighted by atomic mass is 9.83. The number of Topliss-reactive ketones (excluding diaryl/α,β-unsaturated/α-hetero) is 1. The Hall–Kier alpha value is -1.88. The lowest BCUT2D eigenvalue weighted by molar-refractivity contribution is -0.123. The van der Waals surface area contributed by atoms with Crippen molar-refractivity contribution in [3.63, 3.8) is 0 Å². The van der Waals surface area contributed by atoms with Gasteiger partial charge in [0.25, 0.3) is 0 Å². The van der Waals surface area contributed by atoms with Crippen LogP contribution in [0, 0.1) is 16.7 Å². The molecule has 0 spiro atoms. The van der Waals surface area contributed by atoms with Crippen molar-refractivity contribution in [2.45, 2.75) is 38.5 Å². The number of hydrogen-bond donors (Lipinski definition) is 0. The van der Waals surface area contributed by atoms with Gasteiger partial charge in [-0.25, -0.2) is 0 Å². The molecule has 0 saturated heterocycles. The van der Waals surface area contributed by atoms with Gasteiger partial charge in [-0.1, -0.05) is 42.5 Å². The summed E-state index contributed by atoms with van der Waals surface area (Å²) < 4.78 is 0. The van der Waals surface area contributed by atoms with Crippen LogP contribution in [0.5, 0.6) is 0 Å². The second-order valence-corrected chi connectivity index (χ2v) is 5.17. The van der Waals surface area contributed by atoms with Gasteiger partial charge in [0.15, 0.2) is 5.78 Å². The molecule has 0 bridgehead atoms. The van der Waals surface area contributed by atoms with E-state index in [9.17, 15) is 10.1 Å². The second kappa shape index (κ2) is 6.33. The van der Waals surface area contributed by atoms with Crippen molar-refractivity contribution in [2.75, 3.05) is 0 Å². The van der Waals surface area contributed by atoms with Gasteiger partial charge in [-0.15, -0.1) is 0 Å². The molecule has 1 aliphatic rings. The molecule has 2 heteroatoms. The monoisotopic (exact) mass is 253 g/mol. The average Bonchev–Trinajstić information content (AvgIpc) is 2.81. The number of allylic oxidation sites excluding steroid dienone is 2. The van der Waals surface area contributed by atoms with Gasteiger partial charge in [0.05, 0.1) is 6.07 Å². The van der Waals surface area contributed by atoms with Crippen molar-refractivity contribution in [1.29, 1.82) is 5.26 Å². The lowest BCUT2D eigenvalue weighted by Crippen LogP contribution is -2.22. The van der Waals surface area contributed by atoms with Gasteiger partial charge in [-0.2, -0.15) is 5.26 Å². The summed E-state index contributed by atoms with van der Waals surface area (Å²) >= 11 is 0. The van der Waals surface area contributed by atoms with E-state index in [1.54, 1.807) is 0 Å². The molecule has 2 rings (SSSR count). The molecule has 0 aromatic heterocycles. The number of nitriles is 1. The molecule has 0 N–H and O–H groups in total. The highest BCUT2D eigenvalue weighted by Gasteiger charge is 2.40. The highest BCUT2D eigenvalue weighted by molar-refractivity contribution is 5.89. The summed E-state index contributed by atoms with van der Waals surface area (Å²) in [5.74, 6) is 0.128. The van der Waals surface area contributed by atoms with Crippen molar-refractivity contribution < 1.29 is 4.79 Å². The second-order valence-electron chi connectivity index (χ2n) is 5.17. The number of aryl methyl sites for hydroxylation is 1. The number of ketones is 1. The minimum Gasteiger partial charge on any atom is -0.298 e. The van der Waals surface area contributed by atoms with Gasteiger partial charge in [-0.3, -0.25) is 4.79 Å². The van der Waals surface area contributed by atoms with Crippen LogP contribution in [0.3, 0.4) is 0 Å². The van der Waals surface area contributed by atoms with Crippen LogP contribution < -0.4 is 0 Å². The molecule has 1 aromatic carbocycles. The molecule has 1 aliphatic carbocycles. The van der Waals surface area contributed by atoms with E-state index < -0.39 is 5.41 Å². The Morgan fingerprint density at radius 2 is 2.05 bits per heavy atom. The standard InChI is InChI=1S/C17H19NO/c18-14-17(13-7-11-16(17)19)12-6-2-5-10-15-8-3-1-4-9-15/h1-4,6,8-9H,5,7,10-13H2/b6-2+. The van der Waals surface area contributed by atoms with Crippen molar-refractivity contribution >= 4 is 5.78 Å². The SMILES string of the molecule is N#CC1(C/C=C/CCc2ccccc2)CCCC1=O. The third-order valence-corrected chi connectivity index (χ3v) is 3.83. The number of hydrogen-bond acceptors (Lipinski definition) is 2. The molecule has 1 saturated carbocycles. The summed E-state index contributed by atoms with van der Waals surface area (Å²) in [7, 11) is 0. The van der Waals surface area contributed by atoms with E-state index in [0.717, 1.165) is 25.7 Å². The van der Waals surface area contributed by atoms with E-state index in [4.69, 9.17) is 0 Å². The van der Waals surface area contributed by atoms with Crippen LogP contribution in [0.15, 0.2) is 42.5 Å². The molecule has 0 radical (unpaired) electrons. The van der Waals surface area contributed by atoms with Crippen LogP contribution in [-0.4, -0.2) is 5.78 Å². The van der Waals surface area contributed by atoms with Gasteiger partial charge in [0, 0.05) is 6.42 Å². The summed E-state index contributed by atoms with van der Waals surface area (Å²) in [6, 6.07) is 12.6. The summed E-state index contributed by atoms with van der Waals surface area (Å²) in [6.45, 7) is 0. The van der Waals surface area contributed by atoms with Crippen LogP contribution in [0.4, 0.5) is 0 Å². The third-order valence-electron chi connectivity index (χ3n) is 3.83. The molecule has 0 amide bonds. The van der Waals surface area contributed by atoms with Crippen LogP contribution in [0.1, 0.15) is 37.7 Å². The van der Waals surface area contributed by atoms with Gasteiger partial charge < -0.3 is 0 Å². The molecular formula is C17H19NO. The van der Waals surface area contributed by atoms with E-state index in [1.165, 1.54) is 5.56 Å². The maximum atomic E-state index is 11.8. The number of carbonyl (C=O) groups excluding carboxylic acids is 1. The fraction of sp³-hybridized carbons (Fsp3) is 0.412. The zero-order valence-electron chi connectivity index (χ0n) is 11.1. The smallest absolute Gasteiger partial charge is 0.153 e. The van der Waals surface area contributed by atoms with Crippen molar-refractivity contribution in [3.05, 3.63) is 48.0 Å². The number of rotatable bonds is 5. The Kier molecular flexibility index (Phi) is 4.52. The molecular weight excluding hydrogens is 234 g/mol. The minimum atomic E-state index is -0.719. The van der Waals surface area contributed by atoms with Crippen molar-refractivity contribution in [1.82, 2.24) is 0 Å². The maximum absolute atomic E-state index is 11.8. The number of benzene rings is 1. The van der Waals surface area contributed by atoms with Gasteiger partial charge in [-0.05, 0) is 37.7 Å². The fourth-order valence-corrected chi connectivity index (χ4v) is 2.61. The van der Waals surface area contributed by atoms with Gasteiger partial charge in [0.2, 0.25) is 0 Å². The lowest BCUT2D eigenvalue weighted by Gasteiger charge is -2.15. The molecule has 1 atom stereocenters. The average molecular weight is 253 g/mol. The molecule has 19 heavy (non-hydrogen) atoms. The summed E-state index contributed by atoms with van der Waals surface area (Å²) in [6.07, 6.45) is 8.82. The Balaban J connectivity index is 1.81. The highest BCUT2D eigenvalue weighted by atomic mass is 16.1. The molecule has 0 aliphatic heterocycles. The van der Waals surface area contributed by atoms with Crippen LogP contribution in [0.25, 0.3) is 0 Å². The number of carbonyl (C=O) groups is 1. The Labute approximate surface area is 114 Å². The molecule has 1 aromatic rings. The first-order chi connectivity index (χ1) is 9.27. The summed E-state index contributed by atoms with van der Waals surface area (Å²) in [4.78, 5) is 11.8. The third kappa shape index (κ3) is 3.32. The highest BCUT2D eigenvalue weighted by Crippen LogP contribution is 2.37. The van der Waals surface area contributed by atoms with Gasteiger partial charge >= 0.3 is 0 Å². The van der Waals surface area contributed by atoms with Crippen LogP contribution >= 0.6 is 0 Å². The van der Waals surface area contributed by atoms with Crippen LogP contribution in [-0.2, 0) is 11.2 Å². The van der Waals surface area contributed by atoms with Gasteiger partial charge in [0.1, 0.15) is 5.41 Å². The molecule has 0 heterocycles. The molecule has 2 nitrogen and oxygen atoms in total. The first-order valence-electron chi connectivity index (χ1n) is 6.90. The largest absolute Gasteiger partial charge is 0.298 e. The predicted octanol–water partition coefficient (Wildman–Crippen LogP) is 3.83. The van der Waals surface area contributed by atoms with Crippen molar-refractivity contribution in [3.8, 4) is 6.07 Å². The summed E-state index contributed by atoms with van der Waals surface area (Å²) in [5, 5.41) is 9.22. The summed E-state index contributed by atoms with van der Waals surface area (Å²) in [5.41, 5.74) is 0.600. The van der Waals surface area contributed by atoms with E-state index >= 15 is 0 Å². The van der Waals surface area contributed by atoms with Crippen LogP contribution in [0.2, 0.25) is 0 Å². The molecule has 98 valence electrons. The number of nitrogens with zero attached hydrogens (tertiary/aromatic N) is 1. The van der Waals surface area contributed by atoms with Crippen molar-refractivity contribution in [2.24, 2.45) is 5.41 Å². The first kappa shape index (κ1) is 13.5. The molecule has 1 fully saturated rings. The minimum absolute atomic E-state index is 0.128. The Morgan fingerprint density at radius 3 is 2.68 bits per heavy atom. The Bertz CT molecular complexity index is 498. The zero-order chi connectivity index (χ0) is 13.6. The van der Waals surface area contributed by atoms with E-state index in [1.807, 2.05) is 24.3 Å².